The quantitative estimate of drug-likeness (QED) is 0.500. The molecule has 1 aliphatic rings. The summed E-state index contributed by atoms with van der Waals surface area (Å²) in [6.07, 6.45) is 0.411. The summed E-state index contributed by atoms with van der Waals surface area (Å²) in [7, 11) is 0. The van der Waals surface area contributed by atoms with Gasteiger partial charge in [0.1, 0.15) is 0 Å². The third-order valence-corrected chi connectivity index (χ3v) is 1.96. The molecule has 0 saturated heterocycles. The van der Waals surface area contributed by atoms with Gasteiger partial charge in [0.25, 0.3) is 0 Å². The first-order valence-corrected chi connectivity index (χ1v) is 3.50. The molecular weight excluding hydrogens is 130 g/mol. The fraction of sp³-hybridized carbons (Fsp3) is 0.857. The first kappa shape index (κ1) is 7.52. The average Bonchev–Trinajstić information content (AvgIpc) is 1.95. The van der Waals surface area contributed by atoms with Crippen LogP contribution in [0.1, 0.15) is 19.3 Å². The van der Waals surface area contributed by atoms with Gasteiger partial charge in [-0.3, -0.25) is 0 Å². The molecule has 56 valence electrons. The molecule has 10 heavy (non-hydrogen) atoms. The molecule has 0 heterocycles. The van der Waals surface area contributed by atoms with Crippen LogP contribution in [-0.2, 0) is 0 Å². The molecule has 0 aromatic carbocycles. The number of aliphatic hydroxyl groups is 2. The fourth-order valence-corrected chi connectivity index (χ4v) is 1.25. The highest BCUT2D eigenvalue weighted by Gasteiger charge is 2.26. The monoisotopic (exact) mass is 141 g/mol. The van der Waals surface area contributed by atoms with Crippen molar-refractivity contribution < 1.29 is 10.2 Å². The minimum absolute atomic E-state index is 0.0570. The zero-order valence-corrected chi connectivity index (χ0v) is 5.70. The summed E-state index contributed by atoms with van der Waals surface area (Å²) in [4.78, 5) is 0. The zero-order chi connectivity index (χ0) is 7.56. The van der Waals surface area contributed by atoms with Crippen LogP contribution >= 0.6 is 0 Å². The van der Waals surface area contributed by atoms with Crippen molar-refractivity contribution in [2.75, 3.05) is 0 Å². The van der Waals surface area contributed by atoms with E-state index in [1.54, 1.807) is 0 Å². The maximum Gasteiger partial charge on any atom is 0.0811 e. The van der Waals surface area contributed by atoms with Crippen LogP contribution in [-0.4, -0.2) is 22.4 Å². The highest BCUT2D eigenvalue weighted by Crippen LogP contribution is 2.23. The van der Waals surface area contributed by atoms with Crippen LogP contribution in [0, 0.1) is 17.2 Å². The number of nitrogens with zero attached hydrogens (tertiary/aromatic N) is 1. The molecule has 0 bridgehead atoms. The van der Waals surface area contributed by atoms with Crippen molar-refractivity contribution in [3.05, 3.63) is 0 Å². The molecular formula is C7H11NO2. The summed E-state index contributed by atoms with van der Waals surface area (Å²) < 4.78 is 0. The Kier molecular flexibility index (Phi) is 2.25. The lowest BCUT2D eigenvalue weighted by molar-refractivity contribution is -0.0179. The highest BCUT2D eigenvalue weighted by molar-refractivity contribution is 4.90. The first-order valence-electron chi connectivity index (χ1n) is 3.50. The molecule has 1 rings (SSSR count). The lowest BCUT2D eigenvalue weighted by atomic mass is 9.86. The maximum atomic E-state index is 9.08. The van der Waals surface area contributed by atoms with Crippen molar-refractivity contribution in [1.82, 2.24) is 0 Å². The van der Waals surface area contributed by atoms with Crippen LogP contribution in [0.3, 0.4) is 0 Å². The zero-order valence-electron chi connectivity index (χ0n) is 5.70. The lowest BCUT2D eigenvalue weighted by Gasteiger charge is -2.25. The molecule has 2 N–H and O–H groups in total. The van der Waals surface area contributed by atoms with Crippen molar-refractivity contribution in [2.24, 2.45) is 5.92 Å². The SMILES string of the molecule is N#C[C@@H]1CC[C@@H](O)[C@@H](O)C1. The number of hydrogen-bond acceptors (Lipinski definition) is 3. The molecule has 3 nitrogen and oxygen atoms in total. The first-order chi connectivity index (χ1) is 4.74. The second kappa shape index (κ2) is 3.00. The van der Waals surface area contributed by atoms with Crippen molar-refractivity contribution in [2.45, 2.75) is 31.5 Å². The Hall–Kier alpha value is -0.590. The number of hydrogen-bond donors (Lipinski definition) is 2. The van der Waals surface area contributed by atoms with E-state index in [0.717, 1.165) is 0 Å². The van der Waals surface area contributed by atoms with E-state index in [4.69, 9.17) is 15.5 Å². The van der Waals surface area contributed by atoms with E-state index < -0.39 is 12.2 Å². The van der Waals surface area contributed by atoms with Crippen LogP contribution in [0.5, 0.6) is 0 Å². The molecule has 3 heteroatoms. The van der Waals surface area contributed by atoms with E-state index in [-0.39, 0.29) is 5.92 Å². The van der Waals surface area contributed by atoms with E-state index in [1.165, 1.54) is 0 Å². The smallest absolute Gasteiger partial charge is 0.0811 e. The average molecular weight is 141 g/mol. The summed E-state index contributed by atoms with van der Waals surface area (Å²) in [6, 6.07) is 2.08. The van der Waals surface area contributed by atoms with Crippen LogP contribution in [0.15, 0.2) is 0 Å². The van der Waals surface area contributed by atoms with Gasteiger partial charge in [-0.15, -0.1) is 0 Å². The van der Waals surface area contributed by atoms with E-state index in [1.807, 2.05) is 0 Å². The van der Waals surface area contributed by atoms with E-state index in [0.29, 0.717) is 19.3 Å². The molecule has 3 atom stereocenters. The highest BCUT2D eigenvalue weighted by atomic mass is 16.3. The molecule has 1 saturated carbocycles. The fourth-order valence-electron chi connectivity index (χ4n) is 1.25. The van der Waals surface area contributed by atoms with Gasteiger partial charge in [-0.2, -0.15) is 5.26 Å². The van der Waals surface area contributed by atoms with Crippen LogP contribution < -0.4 is 0 Å². The molecule has 0 radical (unpaired) electrons. The van der Waals surface area contributed by atoms with Gasteiger partial charge < -0.3 is 10.2 Å². The summed E-state index contributed by atoms with van der Waals surface area (Å²) >= 11 is 0. The molecule has 0 spiro atoms. The molecule has 0 aliphatic heterocycles. The van der Waals surface area contributed by atoms with Crippen LogP contribution in [0.25, 0.3) is 0 Å². The topological polar surface area (TPSA) is 64.2 Å². The molecule has 0 unspecified atom stereocenters. The largest absolute Gasteiger partial charge is 0.390 e. The lowest BCUT2D eigenvalue weighted by Crippen LogP contribution is -2.32. The number of nitriles is 1. The van der Waals surface area contributed by atoms with Gasteiger partial charge in [0.2, 0.25) is 0 Å². The molecule has 0 aromatic rings. The molecule has 1 aliphatic carbocycles. The van der Waals surface area contributed by atoms with Gasteiger partial charge in [0.15, 0.2) is 0 Å². The van der Waals surface area contributed by atoms with E-state index >= 15 is 0 Å². The Morgan fingerprint density at radius 2 is 1.90 bits per heavy atom. The number of rotatable bonds is 0. The standard InChI is InChI=1S/C7H11NO2/c8-4-5-1-2-6(9)7(10)3-5/h5-7,9-10H,1-3H2/t5-,6-,7+/m1/s1. The maximum absolute atomic E-state index is 9.08. The molecule has 0 amide bonds. The predicted octanol–water partition coefficient (Wildman–Crippen LogP) is 0.0319. The Labute approximate surface area is 59.9 Å². The minimum atomic E-state index is -0.682. The summed E-state index contributed by atoms with van der Waals surface area (Å²) in [5, 5.41) is 26.6. The second-order valence-electron chi connectivity index (χ2n) is 2.77. The third kappa shape index (κ3) is 1.47. The van der Waals surface area contributed by atoms with Gasteiger partial charge in [0, 0.05) is 5.92 Å². The van der Waals surface area contributed by atoms with Gasteiger partial charge in [0.05, 0.1) is 18.3 Å². The Bertz CT molecular complexity index is 152. The van der Waals surface area contributed by atoms with Gasteiger partial charge >= 0.3 is 0 Å². The number of aliphatic hydroxyl groups excluding tert-OH is 2. The van der Waals surface area contributed by atoms with E-state index in [2.05, 4.69) is 6.07 Å². The van der Waals surface area contributed by atoms with Crippen molar-refractivity contribution >= 4 is 0 Å². The third-order valence-electron chi connectivity index (χ3n) is 1.96. The molecule has 0 aromatic heterocycles. The Morgan fingerprint density at radius 3 is 2.40 bits per heavy atom. The van der Waals surface area contributed by atoms with Crippen molar-refractivity contribution in [3.8, 4) is 6.07 Å². The van der Waals surface area contributed by atoms with Gasteiger partial charge in [-0.05, 0) is 19.3 Å². The second-order valence-corrected chi connectivity index (χ2v) is 2.77. The normalized spacial score (nSPS) is 40.7. The predicted molar refractivity (Wildman–Crippen MR) is 35.0 cm³/mol. The van der Waals surface area contributed by atoms with Crippen molar-refractivity contribution in [3.63, 3.8) is 0 Å². The van der Waals surface area contributed by atoms with Gasteiger partial charge in [-0.25, -0.2) is 0 Å². The molecule has 1 fully saturated rings. The summed E-state index contributed by atoms with van der Waals surface area (Å²) in [5.41, 5.74) is 0. The van der Waals surface area contributed by atoms with Crippen molar-refractivity contribution in [1.29, 1.82) is 5.26 Å². The van der Waals surface area contributed by atoms with Gasteiger partial charge in [-0.1, -0.05) is 0 Å². The summed E-state index contributed by atoms with van der Waals surface area (Å²) in [6.45, 7) is 0. The Morgan fingerprint density at radius 1 is 1.20 bits per heavy atom. The van der Waals surface area contributed by atoms with Crippen LogP contribution in [0.2, 0.25) is 0 Å². The summed E-state index contributed by atoms with van der Waals surface area (Å²) in [5.74, 6) is -0.0570. The van der Waals surface area contributed by atoms with E-state index in [9.17, 15) is 0 Å². The Balaban J connectivity index is 2.42. The minimum Gasteiger partial charge on any atom is -0.390 e. The van der Waals surface area contributed by atoms with Crippen LogP contribution in [0.4, 0.5) is 0 Å².